The minimum atomic E-state index is -0.394. The fourth-order valence-corrected chi connectivity index (χ4v) is 4.63. The van der Waals surface area contributed by atoms with Gasteiger partial charge in [0.2, 0.25) is 5.91 Å². The van der Waals surface area contributed by atoms with Crippen LogP contribution in [0.15, 0.2) is 72.8 Å². The zero-order chi connectivity index (χ0) is 21.8. The predicted octanol–water partition coefficient (Wildman–Crippen LogP) is 5.29. The number of nitrogens with zero attached hydrogens (tertiary/aromatic N) is 2. The number of benzene rings is 3. The number of hydrogen-bond donors (Lipinski definition) is 2. The van der Waals surface area contributed by atoms with Crippen molar-refractivity contribution in [3.8, 4) is 6.07 Å². The topological polar surface area (TPSA) is 85.2 Å². The Balaban J connectivity index is 1.46. The number of urea groups is 1. The highest BCUT2D eigenvalue weighted by molar-refractivity contribution is 8.00. The van der Waals surface area contributed by atoms with Gasteiger partial charge in [0.1, 0.15) is 5.37 Å². The maximum absolute atomic E-state index is 12.6. The van der Waals surface area contributed by atoms with Gasteiger partial charge >= 0.3 is 6.03 Å². The summed E-state index contributed by atoms with van der Waals surface area (Å²) in [7, 11) is 0. The second kappa shape index (κ2) is 8.94. The molecular formula is C24H20N4O2S. The van der Waals surface area contributed by atoms with Gasteiger partial charge in [0.05, 0.1) is 17.4 Å². The molecule has 0 saturated carbocycles. The molecule has 7 heteroatoms. The normalized spacial score (nSPS) is 15.4. The van der Waals surface area contributed by atoms with E-state index in [1.165, 1.54) is 0 Å². The molecule has 3 aromatic carbocycles. The van der Waals surface area contributed by atoms with Crippen molar-refractivity contribution in [3.63, 3.8) is 0 Å². The van der Waals surface area contributed by atoms with E-state index in [0.717, 1.165) is 16.8 Å². The van der Waals surface area contributed by atoms with Gasteiger partial charge in [0, 0.05) is 17.1 Å². The summed E-state index contributed by atoms with van der Waals surface area (Å²) in [5.74, 6) is 0.522. The summed E-state index contributed by atoms with van der Waals surface area (Å²) in [4.78, 5) is 26.7. The second-order valence-corrected chi connectivity index (χ2v) is 8.18. The number of carbonyl (C=O) groups excluding carboxylic acids is 2. The van der Waals surface area contributed by atoms with Crippen LogP contribution >= 0.6 is 11.8 Å². The van der Waals surface area contributed by atoms with E-state index in [1.807, 2.05) is 66.4 Å². The third-order valence-electron chi connectivity index (χ3n) is 4.95. The highest BCUT2D eigenvalue weighted by Gasteiger charge is 2.34. The number of hydrogen-bond acceptors (Lipinski definition) is 4. The van der Waals surface area contributed by atoms with Gasteiger partial charge in [0.15, 0.2) is 0 Å². The molecule has 6 nitrogen and oxygen atoms in total. The molecule has 1 unspecified atom stereocenters. The van der Waals surface area contributed by atoms with Crippen molar-refractivity contribution in [2.24, 2.45) is 0 Å². The molecule has 1 heterocycles. The summed E-state index contributed by atoms with van der Waals surface area (Å²) in [5.41, 5.74) is 4.62. The Hall–Kier alpha value is -3.76. The van der Waals surface area contributed by atoms with Gasteiger partial charge in [-0.2, -0.15) is 5.26 Å². The zero-order valence-electron chi connectivity index (χ0n) is 16.8. The lowest BCUT2D eigenvalue weighted by Crippen LogP contribution is -2.28. The number of amides is 3. The van der Waals surface area contributed by atoms with Gasteiger partial charge < -0.3 is 10.6 Å². The van der Waals surface area contributed by atoms with Crippen molar-refractivity contribution < 1.29 is 9.59 Å². The summed E-state index contributed by atoms with van der Waals surface area (Å²) in [6, 6.07) is 23.7. The van der Waals surface area contributed by atoms with Crippen LogP contribution in [0.1, 0.15) is 22.1 Å². The van der Waals surface area contributed by atoms with Crippen molar-refractivity contribution in [3.05, 3.63) is 89.5 Å². The van der Waals surface area contributed by atoms with Crippen molar-refractivity contribution >= 4 is 40.8 Å². The molecular weight excluding hydrogens is 408 g/mol. The Morgan fingerprint density at radius 3 is 2.52 bits per heavy atom. The van der Waals surface area contributed by atoms with Gasteiger partial charge in [-0.05, 0) is 54.4 Å². The van der Waals surface area contributed by atoms with Crippen LogP contribution in [-0.4, -0.2) is 17.7 Å². The molecule has 1 saturated heterocycles. The summed E-state index contributed by atoms with van der Waals surface area (Å²) < 4.78 is 0. The average molecular weight is 429 g/mol. The maximum Gasteiger partial charge on any atom is 0.323 e. The van der Waals surface area contributed by atoms with Crippen LogP contribution in [0.25, 0.3) is 0 Å². The smallest absolute Gasteiger partial charge is 0.308 e. The first-order valence-corrected chi connectivity index (χ1v) is 10.8. The number of nitrogens with one attached hydrogen (secondary N) is 2. The van der Waals surface area contributed by atoms with Gasteiger partial charge in [-0.25, -0.2) is 4.79 Å². The average Bonchev–Trinajstić information content (AvgIpc) is 3.16. The number of anilines is 3. The monoisotopic (exact) mass is 428 g/mol. The quantitative estimate of drug-likeness (QED) is 0.591. The van der Waals surface area contributed by atoms with E-state index in [9.17, 15) is 9.59 Å². The maximum atomic E-state index is 12.6. The largest absolute Gasteiger partial charge is 0.323 e. The molecule has 0 radical (unpaired) electrons. The molecule has 0 aromatic heterocycles. The summed E-state index contributed by atoms with van der Waals surface area (Å²) in [6.45, 7) is 2.00. The van der Waals surface area contributed by atoms with E-state index >= 15 is 0 Å². The van der Waals surface area contributed by atoms with Gasteiger partial charge in [0.25, 0.3) is 0 Å². The SMILES string of the molecule is Cc1ccccc1N1C(=O)CSC1c1ccc(NC(=O)Nc2cccc(C#N)c2)cc1. The van der Waals surface area contributed by atoms with Crippen LogP contribution in [0, 0.1) is 18.3 Å². The van der Waals surface area contributed by atoms with E-state index in [1.54, 1.807) is 36.0 Å². The van der Waals surface area contributed by atoms with E-state index in [-0.39, 0.29) is 11.3 Å². The Morgan fingerprint density at radius 2 is 1.77 bits per heavy atom. The number of carbonyl (C=O) groups is 2. The number of thioether (sulfide) groups is 1. The summed E-state index contributed by atoms with van der Waals surface area (Å²) in [6.07, 6.45) is 0. The Morgan fingerprint density at radius 1 is 1.03 bits per heavy atom. The van der Waals surface area contributed by atoms with E-state index in [2.05, 4.69) is 10.6 Å². The van der Waals surface area contributed by atoms with E-state index in [0.29, 0.717) is 22.7 Å². The molecule has 1 atom stereocenters. The van der Waals surface area contributed by atoms with Crippen LogP contribution < -0.4 is 15.5 Å². The molecule has 2 N–H and O–H groups in total. The molecule has 31 heavy (non-hydrogen) atoms. The van der Waals surface area contributed by atoms with Crippen LogP contribution in [-0.2, 0) is 4.79 Å². The number of nitriles is 1. The van der Waals surface area contributed by atoms with Crippen molar-refractivity contribution in [1.82, 2.24) is 0 Å². The van der Waals surface area contributed by atoms with Crippen molar-refractivity contribution in [1.29, 1.82) is 5.26 Å². The minimum Gasteiger partial charge on any atom is -0.308 e. The van der Waals surface area contributed by atoms with Crippen molar-refractivity contribution in [2.45, 2.75) is 12.3 Å². The third-order valence-corrected chi connectivity index (χ3v) is 6.16. The van der Waals surface area contributed by atoms with E-state index < -0.39 is 6.03 Å². The first-order valence-electron chi connectivity index (χ1n) is 9.72. The first-order chi connectivity index (χ1) is 15.0. The standard InChI is InChI=1S/C24H20N4O2S/c1-16-5-2-3-8-21(16)28-22(29)15-31-23(28)18-9-11-19(12-10-18)26-24(30)27-20-7-4-6-17(13-20)14-25/h2-13,23H,15H2,1H3,(H2,26,27,30). The Bertz CT molecular complexity index is 1170. The lowest BCUT2D eigenvalue weighted by atomic mass is 10.1. The van der Waals surface area contributed by atoms with Crippen molar-refractivity contribution in [2.75, 3.05) is 21.3 Å². The molecule has 1 aliphatic rings. The summed E-state index contributed by atoms with van der Waals surface area (Å²) >= 11 is 1.59. The number of rotatable bonds is 4. The second-order valence-electron chi connectivity index (χ2n) is 7.11. The molecule has 154 valence electrons. The highest BCUT2D eigenvalue weighted by atomic mass is 32.2. The Labute approximate surface area is 184 Å². The molecule has 3 aromatic rings. The van der Waals surface area contributed by atoms with Crippen LogP contribution in [0.4, 0.5) is 21.9 Å². The fourth-order valence-electron chi connectivity index (χ4n) is 3.46. The number of aryl methyl sites for hydroxylation is 1. The van der Waals surface area contributed by atoms with E-state index in [4.69, 9.17) is 5.26 Å². The predicted molar refractivity (Wildman–Crippen MR) is 124 cm³/mol. The minimum absolute atomic E-state index is 0.0884. The molecule has 1 fully saturated rings. The van der Waals surface area contributed by atoms with Crippen LogP contribution in [0.3, 0.4) is 0 Å². The van der Waals surface area contributed by atoms with Crippen LogP contribution in [0.5, 0.6) is 0 Å². The first kappa shape index (κ1) is 20.5. The number of para-hydroxylation sites is 1. The Kier molecular flexibility index (Phi) is 5.92. The molecule has 1 aliphatic heterocycles. The molecule has 0 spiro atoms. The van der Waals surface area contributed by atoms with Gasteiger partial charge in [-0.15, -0.1) is 11.8 Å². The van der Waals surface area contributed by atoms with Crippen LogP contribution in [0.2, 0.25) is 0 Å². The molecule has 0 bridgehead atoms. The molecule has 0 aliphatic carbocycles. The lowest BCUT2D eigenvalue weighted by molar-refractivity contribution is -0.115. The highest BCUT2D eigenvalue weighted by Crippen LogP contribution is 2.42. The lowest BCUT2D eigenvalue weighted by Gasteiger charge is -2.26. The van der Waals surface area contributed by atoms with Gasteiger partial charge in [-0.1, -0.05) is 36.4 Å². The fraction of sp³-hybridized carbons (Fsp3) is 0.125. The third kappa shape index (κ3) is 4.55. The molecule has 4 rings (SSSR count). The summed E-state index contributed by atoms with van der Waals surface area (Å²) in [5, 5.41) is 14.4. The molecule has 3 amide bonds. The van der Waals surface area contributed by atoms with Gasteiger partial charge in [-0.3, -0.25) is 9.69 Å². The zero-order valence-corrected chi connectivity index (χ0v) is 17.6.